The number of rotatable bonds is 4. The molecule has 1 aromatic heterocycles. The maximum absolute atomic E-state index is 12.2. The highest BCUT2D eigenvalue weighted by atomic mass is 35.5. The molecule has 0 radical (unpaired) electrons. The summed E-state index contributed by atoms with van der Waals surface area (Å²) in [4.78, 5) is 25.1. The highest BCUT2D eigenvalue weighted by Gasteiger charge is 2.35. The van der Waals surface area contributed by atoms with Crippen LogP contribution in [0.3, 0.4) is 0 Å². The Bertz CT molecular complexity index is 509. The van der Waals surface area contributed by atoms with Gasteiger partial charge in [-0.3, -0.25) is 9.59 Å². The van der Waals surface area contributed by atoms with Gasteiger partial charge in [-0.1, -0.05) is 12.1 Å². The Labute approximate surface area is 122 Å². The van der Waals surface area contributed by atoms with Gasteiger partial charge < -0.3 is 15.2 Å². The van der Waals surface area contributed by atoms with E-state index in [1.165, 1.54) is 0 Å². The number of carbonyl (C=O) groups is 2. The summed E-state index contributed by atoms with van der Waals surface area (Å²) in [5.74, 6) is -0.486. The van der Waals surface area contributed by atoms with Gasteiger partial charge in [0.25, 0.3) is 0 Å². The van der Waals surface area contributed by atoms with Gasteiger partial charge in [0, 0.05) is 25.1 Å². The van der Waals surface area contributed by atoms with Gasteiger partial charge >= 0.3 is 0 Å². The number of halogens is 1. The van der Waals surface area contributed by atoms with Gasteiger partial charge in [-0.2, -0.15) is 0 Å². The first kappa shape index (κ1) is 14.8. The molecule has 1 fully saturated rings. The van der Waals surface area contributed by atoms with Gasteiger partial charge in [-0.25, -0.2) is 0 Å². The lowest BCUT2D eigenvalue weighted by Gasteiger charge is -2.15. The van der Waals surface area contributed by atoms with Gasteiger partial charge in [0.2, 0.25) is 17.0 Å². The van der Waals surface area contributed by atoms with Crippen LogP contribution in [0.4, 0.5) is 0 Å². The topological polar surface area (TPSA) is 89.4 Å². The van der Waals surface area contributed by atoms with Crippen molar-refractivity contribution in [3.63, 3.8) is 0 Å². The van der Waals surface area contributed by atoms with Gasteiger partial charge in [0.05, 0.1) is 11.6 Å². The molecule has 110 valence electrons. The highest BCUT2D eigenvalue weighted by molar-refractivity contribution is 6.29. The summed E-state index contributed by atoms with van der Waals surface area (Å²) < 4.78 is 4.85. The zero-order valence-electron chi connectivity index (χ0n) is 11.6. The van der Waals surface area contributed by atoms with Crippen molar-refractivity contribution in [1.29, 1.82) is 0 Å². The molecule has 1 aliphatic rings. The first-order chi connectivity index (χ1) is 9.40. The van der Waals surface area contributed by atoms with Crippen LogP contribution in [0.15, 0.2) is 4.52 Å². The van der Waals surface area contributed by atoms with Crippen LogP contribution in [0.25, 0.3) is 0 Å². The van der Waals surface area contributed by atoms with Crippen LogP contribution in [0.1, 0.15) is 24.6 Å². The molecule has 1 aromatic rings. The molecule has 20 heavy (non-hydrogen) atoms. The monoisotopic (exact) mass is 299 g/mol. The van der Waals surface area contributed by atoms with E-state index in [0.717, 1.165) is 5.56 Å². The van der Waals surface area contributed by atoms with E-state index in [-0.39, 0.29) is 28.9 Å². The molecule has 0 unspecified atom stereocenters. The molecule has 2 heterocycles. The fraction of sp³-hybridized carbons (Fsp3) is 0.615. The van der Waals surface area contributed by atoms with Crippen molar-refractivity contribution in [3.8, 4) is 0 Å². The largest absolute Gasteiger partial charge is 0.369 e. The molecule has 2 rings (SSSR count). The smallest absolute Gasteiger partial charge is 0.229 e. The second-order valence-electron chi connectivity index (χ2n) is 5.31. The molecule has 2 amide bonds. The second kappa shape index (κ2) is 5.83. The van der Waals surface area contributed by atoms with E-state index >= 15 is 0 Å². The maximum atomic E-state index is 12.2. The molecule has 6 nitrogen and oxygen atoms in total. The number of likely N-dealkylation sites (tertiary alicyclic amines) is 1. The number of primary amides is 1. The minimum atomic E-state index is -0.342. The summed E-state index contributed by atoms with van der Waals surface area (Å²) in [5, 5.41) is 3.98. The van der Waals surface area contributed by atoms with Crippen molar-refractivity contribution < 1.29 is 14.1 Å². The number of amides is 2. The third-order valence-corrected chi connectivity index (χ3v) is 4.15. The van der Waals surface area contributed by atoms with Gasteiger partial charge in [0.1, 0.15) is 0 Å². The lowest BCUT2D eigenvalue weighted by Crippen LogP contribution is -2.32. The molecular formula is C13H18ClN3O3. The Morgan fingerprint density at radius 2 is 2.20 bits per heavy atom. The first-order valence-electron chi connectivity index (χ1n) is 6.58. The molecule has 1 saturated heterocycles. The molecular weight excluding hydrogens is 282 g/mol. The molecule has 0 spiro atoms. The van der Waals surface area contributed by atoms with Crippen LogP contribution in [-0.2, 0) is 16.0 Å². The van der Waals surface area contributed by atoms with Crippen molar-refractivity contribution in [2.24, 2.45) is 17.6 Å². The third-order valence-electron chi connectivity index (χ3n) is 3.86. The van der Waals surface area contributed by atoms with Crippen LogP contribution in [0.2, 0.25) is 5.22 Å². The van der Waals surface area contributed by atoms with Gasteiger partial charge in [-0.15, -0.1) is 0 Å². The Balaban J connectivity index is 1.92. The minimum absolute atomic E-state index is 0.00253. The Kier molecular flexibility index (Phi) is 4.32. The number of carbonyl (C=O) groups excluding carboxylic acids is 2. The van der Waals surface area contributed by atoms with E-state index in [4.69, 9.17) is 21.9 Å². The van der Waals surface area contributed by atoms with E-state index in [9.17, 15) is 9.59 Å². The van der Waals surface area contributed by atoms with Crippen LogP contribution >= 0.6 is 11.6 Å². The van der Waals surface area contributed by atoms with E-state index < -0.39 is 0 Å². The van der Waals surface area contributed by atoms with Crippen LogP contribution < -0.4 is 5.73 Å². The zero-order valence-corrected chi connectivity index (χ0v) is 12.3. The maximum Gasteiger partial charge on any atom is 0.229 e. The van der Waals surface area contributed by atoms with Crippen molar-refractivity contribution in [1.82, 2.24) is 10.1 Å². The Morgan fingerprint density at radius 3 is 2.70 bits per heavy atom. The average Bonchev–Trinajstić information content (AvgIpc) is 2.91. The van der Waals surface area contributed by atoms with Crippen LogP contribution in [0, 0.1) is 18.8 Å². The predicted molar refractivity (Wildman–Crippen MR) is 73.0 cm³/mol. The number of nitrogens with zero attached hydrogens (tertiary/aromatic N) is 2. The Hall–Kier alpha value is -1.56. The average molecular weight is 300 g/mol. The van der Waals surface area contributed by atoms with Crippen LogP contribution in [0.5, 0.6) is 0 Å². The van der Waals surface area contributed by atoms with E-state index in [1.54, 1.807) is 11.8 Å². The van der Waals surface area contributed by atoms with E-state index in [0.29, 0.717) is 31.6 Å². The molecule has 2 N–H and O–H groups in total. The summed E-state index contributed by atoms with van der Waals surface area (Å²) in [6.45, 7) is 4.70. The summed E-state index contributed by atoms with van der Waals surface area (Å²) in [6.07, 6.45) is 0.805. The predicted octanol–water partition coefficient (Wildman–Crippen LogP) is 1.15. The molecule has 0 aromatic carbocycles. The second-order valence-corrected chi connectivity index (χ2v) is 5.65. The van der Waals surface area contributed by atoms with Gasteiger partial charge in [0.15, 0.2) is 0 Å². The van der Waals surface area contributed by atoms with E-state index in [2.05, 4.69) is 5.16 Å². The molecule has 0 aliphatic carbocycles. The number of aromatic nitrogens is 1. The fourth-order valence-corrected chi connectivity index (χ4v) is 2.84. The summed E-state index contributed by atoms with van der Waals surface area (Å²) in [5.41, 5.74) is 6.79. The normalized spacial score (nSPS) is 22.2. The SMILES string of the molecule is Cc1noc(Cl)c1CCC(=O)N1C[C@@H](C)[C@H](C(N)=O)C1. The number of aryl methyl sites for hydroxylation is 1. The lowest BCUT2D eigenvalue weighted by atomic mass is 9.98. The highest BCUT2D eigenvalue weighted by Crippen LogP contribution is 2.25. The zero-order chi connectivity index (χ0) is 14.9. The summed E-state index contributed by atoms with van der Waals surface area (Å²) in [6, 6.07) is 0. The molecule has 7 heteroatoms. The molecule has 0 bridgehead atoms. The molecule has 1 aliphatic heterocycles. The lowest BCUT2D eigenvalue weighted by molar-refractivity contribution is -0.130. The summed E-state index contributed by atoms with van der Waals surface area (Å²) >= 11 is 5.86. The van der Waals surface area contributed by atoms with E-state index in [1.807, 2.05) is 6.92 Å². The third kappa shape index (κ3) is 2.95. The molecule has 2 atom stereocenters. The Morgan fingerprint density at radius 1 is 1.50 bits per heavy atom. The fourth-order valence-electron chi connectivity index (χ4n) is 2.57. The minimum Gasteiger partial charge on any atom is -0.369 e. The number of hydrogen-bond acceptors (Lipinski definition) is 4. The number of hydrogen-bond donors (Lipinski definition) is 1. The van der Waals surface area contributed by atoms with Crippen molar-refractivity contribution in [2.45, 2.75) is 26.7 Å². The quantitative estimate of drug-likeness (QED) is 0.903. The van der Waals surface area contributed by atoms with Gasteiger partial charge in [-0.05, 0) is 30.9 Å². The van der Waals surface area contributed by atoms with Crippen molar-refractivity contribution >= 4 is 23.4 Å². The first-order valence-corrected chi connectivity index (χ1v) is 6.95. The number of nitrogens with two attached hydrogens (primary N) is 1. The standard InChI is InChI=1S/C13H18ClN3O3/c1-7-5-17(6-10(7)13(15)19)11(18)4-3-9-8(2)16-20-12(9)14/h7,10H,3-6H2,1-2H3,(H2,15,19)/t7-,10-/m1/s1. The van der Waals surface area contributed by atoms with Crippen molar-refractivity contribution in [3.05, 3.63) is 16.5 Å². The van der Waals surface area contributed by atoms with Crippen LogP contribution in [-0.4, -0.2) is 35.0 Å². The van der Waals surface area contributed by atoms with Crippen molar-refractivity contribution in [2.75, 3.05) is 13.1 Å². The molecule has 0 saturated carbocycles. The summed E-state index contributed by atoms with van der Waals surface area (Å²) in [7, 11) is 0.